The molecule has 1 aliphatic carbocycles. The molecule has 0 spiro atoms. The molecule has 38 heavy (non-hydrogen) atoms. The molecule has 0 bridgehead atoms. The van der Waals surface area contributed by atoms with Gasteiger partial charge in [-0.25, -0.2) is 17.2 Å². The smallest absolute Gasteiger partial charge is 0.248 e. The summed E-state index contributed by atoms with van der Waals surface area (Å²) < 4.78 is 60.7. The number of aryl methyl sites for hydroxylation is 1. The van der Waals surface area contributed by atoms with E-state index in [1.165, 1.54) is 10.6 Å². The van der Waals surface area contributed by atoms with Crippen molar-refractivity contribution in [3.8, 4) is 0 Å². The third-order valence-electron chi connectivity index (χ3n) is 7.84. The molecule has 1 saturated heterocycles. The third-order valence-corrected chi connectivity index (χ3v) is 9.77. The Balaban J connectivity index is 1.34. The standard InChI is InChI=1S/C27H38F2N4O4S/c1-20-18-37-31-26(20)30-25(34)16-22-10-14-32(15-11-22)21(2)17-33(24-6-4-3-5-7-24)38(35,36)19-23-8-12-27(28,29)13-9-23/h3-7,18,21-23H,8-17,19H2,1-2H3,(H,30,31,34)/t21-/m1/s1. The van der Waals surface area contributed by atoms with Gasteiger partial charge in [0.05, 0.1) is 11.4 Å². The van der Waals surface area contributed by atoms with Crippen LogP contribution in [-0.2, 0) is 14.8 Å². The van der Waals surface area contributed by atoms with Crippen molar-refractivity contribution in [2.24, 2.45) is 11.8 Å². The van der Waals surface area contributed by atoms with E-state index in [4.69, 9.17) is 4.52 Å². The predicted octanol–water partition coefficient (Wildman–Crippen LogP) is 5.07. The van der Waals surface area contributed by atoms with E-state index in [-0.39, 0.29) is 61.8 Å². The molecule has 2 heterocycles. The summed E-state index contributed by atoms with van der Waals surface area (Å²) in [5, 5.41) is 6.60. The normalized spacial score (nSPS) is 20.2. The molecule has 1 aromatic heterocycles. The van der Waals surface area contributed by atoms with E-state index in [0.29, 0.717) is 17.9 Å². The summed E-state index contributed by atoms with van der Waals surface area (Å²) >= 11 is 0. The molecular formula is C27H38F2N4O4S. The number of sulfonamides is 1. The number of piperidine rings is 1. The molecule has 2 aromatic rings. The number of hydrogen-bond donors (Lipinski definition) is 1. The van der Waals surface area contributed by atoms with Crippen LogP contribution in [0.3, 0.4) is 0 Å². The Morgan fingerprint density at radius 1 is 1.16 bits per heavy atom. The fourth-order valence-electron chi connectivity index (χ4n) is 5.43. The van der Waals surface area contributed by atoms with Crippen molar-refractivity contribution in [3.63, 3.8) is 0 Å². The molecule has 1 aliphatic heterocycles. The Kier molecular flexibility index (Phi) is 9.07. The number of benzene rings is 1. The molecule has 0 radical (unpaired) electrons. The monoisotopic (exact) mass is 552 g/mol. The molecule has 2 aliphatic rings. The molecule has 8 nitrogen and oxygen atoms in total. The highest BCUT2D eigenvalue weighted by Gasteiger charge is 2.38. The van der Waals surface area contributed by atoms with Gasteiger partial charge in [-0.1, -0.05) is 23.4 Å². The summed E-state index contributed by atoms with van der Waals surface area (Å²) in [5.41, 5.74) is 1.37. The Labute approximate surface area is 223 Å². The lowest BCUT2D eigenvalue weighted by Gasteiger charge is -2.38. The average Bonchev–Trinajstić information content (AvgIpc) is 3.28. The summed E-state index contributed by atoms with van der Waals surface area (Å²) in [4.78, 5) is 14.7. The number of nitrogens with one attached hydrogen (secondary N) is 1. The number of carbonyl (C=O) groups excluding carboxylic acids is 1. The first-order chi connectivity index (χ1) is 18.0. The van der Waals surface area contributed by atoms with E-state index in [9.17, 15) is 22.0 Å². The van der Waals surface area contributed by atoms with Crippen LogP contribution in [0.4, 0.5) is 20.3 Å². The lowest BCUT2D eigenvalue weighted by atomic mass is 9.88. The van der Waals surface area contributed by atoms with Gasteiger partial charge in [0.2, 0.25) is 21.9 Å². The minimum atomic E-state index is -3.71. The van der Waals surface area contributed by atoms with Crippen molar-refractivity contribution >= 4 is 27.4 Å². The van der Waals surface area contributed by atoms with Crippen molar-refractivity contribution in [3.05, 3.63) is 42.2 Å². The van der Waals surface area contributed by atoms with Crippen molar-refractivity contribution in [1.29, 1.82) is 0 Å². The molecule has 1 saturated carbocycles. The maximum atomic E-state index is 13.6. The number of anilines is 2. The molecular weight excluding hydrogens is 514 g/mol. The lowest BCUT2D eigenvalue weighted by molar-refractivity contribution is -0.117. The van der Waals surface area contributed by atoms with Gasteiger partial charge >= 0.3 is 0 Å². The van der Waals surface area contributed by atoms with Gasteiger partial charge in [-0.15, -0.1) is 0 Å². The van der Waals surface area contributed by atoms with Gasteiger partial charge in [-0.2, -0.15) is 0 Å². The van der Waals surface area contributed by atoms with Crippen LogP contribution in [0.1, 0.15) is 57.4 Å². The summed E-state index contributed by atoms with van der Waals surface area (Å²) in [7, 11) is -3.71. The molecule has 11 heteroatoms. The minimum absolute atomic E-state index is 0.0479. The van der Waals surface area contributed by atoms with E-state index in [0.717, 1.165) is 31.5 Å². The Morgan fingerprint density at radius 3 is 2.42 bits per heavy atom. The molecule has 1 aromatic carbocycles. The van der Waals surface area contributed by atoms with E-state index in [2.05, 4.69) is 15.4 Å². The number of halogens is 2. The highest BCUT2D eigenvalue weighted by atomic mass is 32.2. The van der Waals surface area contributed by atoms with Crippen molar-refractivity contribution in [2.75, 3.05) is 35.0 Å². The average molecular weight is 553 g/mol. The fraction of sp³-hybridized carbons (Fsp3) is 0.630. The molecule has 1 atom stereocenters. The summed E-state index contributed by atoms with van der Waals surface area (Å²) in [6, 6.07) is 8.96. The second-order valence-corrected chi connectivity index (χ2v) is 12.8. The second kappa shape index (κ2) is 12.1. The minimum Gasteiger partial charge on any atom is -0.362 e. The van der Waals surface area contributed by atoms with Crippen LogP contribution < -0.4 is 9.62 Å². The van der Waals surface area contributed by atoms with E-state index >= 15 is 0 Å². The van der Waals surface area contributed by atoms with Gasteiger partial charge in [0.1, 0.15) is 6.26 Å². The van der Waals surface area contributed by atoms with Gasteiger partial charge in [0.25, 0.3) is 0 Å². The topological polar surface area (TPSA) is 95.8 Å². The van der Waals surface area contributed by atoms with Crippen LogP contribution in [0, 0.1) is 18.8 Å². The van der Waals surface area contributed by atoms with E-state index in [1.54, 1.807) is 24.3 Å². The van der Waals surface area contributed by atoms with Crippen molar-refractivity contribution < 1.29 is 26.5 Å². The van der Waals surface area contributed by atoms with Crippen molar-refractivity contribution in [2.45, 2.75) is 70.8 Å². The number of aromatic nitrogens is 1. The zero-order valence-electron chi connectivity index (χ0n) is 22.1. The molecule has 1 N–H and O–H groups in total. The first-order valence-electron chi connectivity index (χ1n) is 13.4. The summed E-state index contributed by atoms with van der Waals surface area (Å²) in [6.45, 7) is 5.66. The van der Waals surface area contributed by atoms with E-state index < -0.39 is 15.9 Å². The Morgan fingerprint density at radius 2 is 1.82 bits per heavy atom. The maximum Gasteiger partial charge on any atom is 0.248 e. The number of carbonyl (C=O) groups is 1. The van der Waals surface area contributed by atoms with E-state index in [1.807, 2.05) is 19.9 Å². The molecule has 2 fully saturated rings. The number of hydrogen-bond acceptors (Lipinski definition) is 6. The van der Waals surface area contributed by atoms with Crippen LogP contribution >= 0.6 is 0 Å². The quantitative estimate of drug-likeness (QED) is 0.442. The zero-order valence-corrected chi connectivity index (χ0v) is 22.9. The number of alkyl halides is 2. The number of para-hydroxylation sites is 1. The molecule has 1 amide bonds. The number of rotatable bonds is 10. The number of likely N-dealkylation sites (tertiary alicyclic amines) is 1. The van der Waals surface area contributed by atoms with Crippen molar-refractivity contribution in [1.82, 2.24) is 10.1 Å². The Bertz CT molecular complexity index is 1160. The van der Waals surface area contributed by atoms with Gasteiger partial charge in [-0.3, -0.25) is 14.0 Å². The first-order valence-corrected chi connectivity index (χ1v) is 15.0. The van der Waals surface area contributed by atoms with Gasteiger partial charge in [0.15, 0.2) is 5.82 Å². The van der Waals surface area contributed by atoms with Crippen LogP contribution in [0.15, 0.2) is 41.1 Å². The third kappa shape index (κ3) is 7.53. The summed E-state index contributed by atoms with van der Waals surface area (Å²) in [6.07, 6.45) is 3.51. The Hall–Kier alpha value is -2.53. The summed E-state index contributed by atoms with van der Waals surface area (Å²) in [5.74, 6) is -2.46. The van der Waals surface area contributed by atoms with Gasteiger partial charge in [-0.05, 0) is 76.6 Å². The second-order valence-electron chi connectivity index (χ2n) is 10.9. The van der Waals surface area contributed by atoms with Gasteiger partial charge in [0, 0.05) is 37.4 Å². The van der Waals surface area contributed by atoms with Crippen LogP contribution in [0.25, 0.3) is 0 Å². The largest absolute Gasteiger partial charge is 0.362 e. The molecule has 0 unspecified atom stereocenters. The number of amides is 1. The van der Waals surface area contributed by atoms with Crippen LogP contribution in [-0.4, -0.2) is 61.7 Å². The van der Waals surface area contributed by atoms with Crippen LogP contribution in [0.5, 0.6) is 0 Å². The molecule has 210 valence electrons. The highest BCUT2D eigenvalue weighted by Crippen LogP contribution is 2.37. The highest BCUT2D eigenvalue weighted by molar-refractivity contribution is 7.92. The fourth-order valence-corrected chi connectivity index (χ4v) is 7.43. The SMILES string of the molecule is Cc1conc1NC(=O)CC1CCN([C@H](C)CN(c2ccccc2)S(=O)(=O)CC2CCC(F)(F)CC2)CC1. The van der Waals surface area contributed by atoms with Gasteiger partial charge < -0.3 is 9.84 Å². The zero-order chi connectivity index (χ0) is 27.3. The lowest BCUT2D eigenvalue weighted by Crippen LogP contribution is -2.48. The maximum absolute atomic E-state index is 13.6. The van der Waals surface area contributed by atoms with Crippen LogP contribution in [0.2, 0.25) is 0 Å². The predicted molar refractivity (Wildman–Crippen MR) is 143 cm³/mol. The first kappa shape index (κ1) is 28.5. The molecule has 4 rings (SSSR count). The number of nitrogens with zero attached hydrogens (tertiary/aromatic N) is 3.